The standard InChI is InChI=1S/C19H24N4/c1-14-2-3-18(22-21-14)11-17-13-23-9-6-16(17)12-19(23)10-15-4-7-20-8-5-15/h2-5,7-8,16-17,19H,6,9-13H2,1H3. The molecule has 5 rings (SSSR count). The molecule has 4 nitrogen and oxygen atoms in total. The zero-order valence-corrected chi connectivity index (χ0v) is 13.7. The Morgan fingerprint density at radius 2 is 1.96 bits per heavy atom. The highest BCUT2D eigenvalue weighted by Gasteiger charge is 2.39. The maximum absolute atomic E-state index is 4.37. The average molecular weight is 308 g/mol. The van der Waals surface area contributed by atoms with Crippen LogP contribution in [0.25, 0.3) is 0 Å². The summed E-state index contributed by atoms with van der Waals surface area (Å²) in [7, 11) is 0. The number of aryl methyl sites for hydroxylation is 1. The van der Waals surface area contributed by atoms with Crippen molar-refractivity contribution in [2.45, 2.75) is 38.6 Å². The summed E-state index contributed by atoms with van der Waals surface area (Å²) in [5.41, 5.74) is 3.57. The minimum Gasteiger partial charge on any atom is -0.300 e. The Balaban J connectivity index is 1.40. The second-order valence-electron chi connectivity index (χ2n) is 7.12. The topological polar surface area (TPSA) is 41.9 Å². The Morgan fingerprint density at radius 1 is 1.09 bits per heavy atom. The van der Waals surface area contributed by atoms with Crippen LogP contribution in [-0.2, 0) is 12.8 Å². The van der Waals surface area contributed by atoms with Crippen LogP contribution in [0.4, 0.5) is 0 Å². The van der Waals surface area contributed by atoms with E-state index in [1.165, 1.54) is 31.5 Å². The van der Waals surface area contributed by atoms with E-state index in [2.05, 4.69) is 44.3 Å². The number of rotatable bonds is 4. The molecule has 4 atom stereocenters. The summed E-state index contributed by atoms with van der Waals surface area (Å²) in [6.07, 6.45) is 8.73. The molecule has 0 saturated carbocycles. The van der Waals surface area contributed by atoms with Crippen molar-refractivity contribution < 1.29 is 0 Å². The van der Waals surface area contributed by atoms with Crippen LogP contribution in [-0.4, -0.2) is 39.2 Å². The van der Waals surface area contributed by atoms with Crippen molar-refractivity contribution >= 4 is 0 Å². The third kappa shape index (κ3) is 3.27. The number of piperidine rings is 3. The number of hydrogen-bond donors (Lipinski definition) is 0. The Hall–Kier alpha value is -1.81. The van der Waals surface area contributed by atoms with E-state index in [4.69, 9.17) is 0 Å². The molecule has 3 saturated heterocycles. The second kappa shape index (κ2) is 6.36. The number of pyridine rings is 1. The van der Waals surface area contributed by atoms with Crippen LogP contribution in [0.2, 0.25) is 0 Å². The minimum absolute atomic E-state index is 0.705. The monoisotopic (exact) mass is 308 g/mol. The van der Waals surface area contributed by atoms with Crippen molar-refractivity contribution in [3.63, 3.8) is 0 Å². The molecule has 3 fully saturated rings. The molecule has 23 heavy (non-hydrogen) atoms. The summed E-state index contributed by atoms with van der Waals surface area (Å²) in [4.78, 5) is 6.83. The normalized spacial score (nSPS) is 29.6. The molecule has 0 radical (unpaired) electrons. The van der Waals surface area contributed by atoms with Crippen molar-refractivity contribution in [3.05, 3.63) is 53.6 Å². The molecule has 120 valence electrons. The third-order valence-corrected chi connectivity index (χ3v) is 5.56. The van der Waals surface area contributed by atoms with Crippen molar-refractivity contribution in [1.29, 1.82) is 0 Å². The van der Waals surface area contributed by atoms with Crippen LogP contribution in [0, 0.1) is 18.8 Å². The maximum Gasteiger partial charge on any atom is 0.0634 e. The van der Waals surface area contributed by atoms with Crippen LogP contribution in [0.1, 0.15) is 29.8 Å². The molecule has 4 unspecified atom stereocenters. The van der Waals surface area contributed by atoms with Crippen molar-refractivity contribution in [1.82, 2.24) is 20.1 Å². The zero-order chi connectivity index (χ0) is 15.6. The first kappa shape index (κ1) is 14.8. The molecular weight excluding hydrogens is 284 g/mol. The quantitative estimate of drug-likeness (QED) is 0.871. The van der Waals surface area contributed by atoms with E-state index < -0.39 is 0 Å². The van der Waals surface area contributed by atoms with Crippen molar-refractivity contribution in [2.75, 3.05) is 13.1 Å². The first-order valence-electron chi connectivity index (χ1n) is 8.70. The van der Waals surface area contributed by atoms with Gasteiger partial charge in [0.1, 0.15) is 0 Å². The Kier molecular flexibility index (Phi) is 4.08. The largest absolute Gasteiger partial charge is 0.300 e. The molecule has 0 aromatic carbocycles. The average Bonchev–Trinajstić information content (AvgIpc) is 2.59. The first-order valence-corrected chi connectivity index (χ1v) is 8.70. The van der Waals surface area contributed by atoms with E-state index in [0.717, 1.165) is 36.1 Å². The third-order valence-electron chi connectivity index (χ3n) is 5.56. The molecule has 0 spiro atoms. The molecule has 2 aromatic heterocycles. The SMILES string of the molecule is Cc1ccc(CC2CN3CCC2CC3Cc2ccncc2)nn1. The highest BCUT2D eigenvalue weighted by Crippen LogP contribution is 2.38. The molecule has 3 aliphatic heterocycles. The Bertz CT molecular complexity index is 640. The summed E-state index contributed by atoms with van der Waals surface area (Å²) in [6, 6.07) is 9.24. The smallest absolute Gasteiger partial charge is 0.0634 e. The van der Waals surface area contributed by atoms with Gasteiger partial charge in [0.15, 0.2) is 0 Å². The highest BCUT2D eigenvalue weighted by molar-refractivity contribution is 5.13. The fourth-order valence-electron chi connectivity index (χ4n) is 4.29. The molecule has 0 N–H and O–H groups in total. The molecular formula is C19H24N4. The van der Waals surface area contributed by atoms with Gasteiger partial charge in [0.05, 0.1) is 11.4 Å². The number of fused-ring (bicyclic) bond motifs is 3. The number of hydrogen-bond acceptors (Lipinski definition) is 4. The molecule has 2 bridgehead atoms. The van der Waals surface area contributed by atoms with E-state index in [1.807, 2.05) is 19.3 Å². The van der Waals surface area contributed by atoms with Crippen molar-refractivity contribution in [3.8, 4) is 0 Å². The Morgan fingerprint density at radius 3 is 2.65 bits per heavy atom. The summed E-state index contributed by atoms with van der Waals surface area (Å²) >= 11 is 0. The van der Waals surface area contributed by atoms with Crippen LogP contribution in [0.5, 0.6) is 0 Å². The van der Waals surface area contributed by atoms with Gasteiger partial charge in [-0.05, 0) is 80.8 Å². The highest BCUT2D eigenvalue weighted by atomic mass is 15.2. The lowest BCUT2D eigenvalue weighted by atomic mass is 9.73. The summed E-state index contributed by atoms with van der Waals surface area (Å²) in [6.45, 7) is 4.47. The van der Waals surface area contributed by atoms with E-state index in [0.29, 0.717) is 6.04 Å². The summed E-state index contributed by atoms with van der Waals surface area (Å²) in [5, 5.41) is 8.58. The van der Waals surface area contributed by atoms with Gasteiger partial charge in [-0.3, -0.25) is 9.88 Å². The van der Waals surface area contributed by atoms with E-state index in [-0.39, 0.29) is 0 Å². The van der Waals surface area contributed by atoms with Crippen LogP contribution < -0.4 is 0 Å². The van der Waals surface area contributed by atoms with Gasteiger partial charge in [-0.15, -0.1) is 0 Å². The van der Waals surface area contributed by atoms with Gasteiger partial charge in [-0.1, -0.05) is 0 Å². The van der Waals surface area contributed by atoms with Gasteiger partial charge in [0.25, 0.3) is 0 Å². The van der Waals surface area contributed by atoms with Gasteiger partial charge >= 0.3 is 0 Å². The van der Waals surface area contributed by atoms with Crippen LogP contribution >= 0.6 is 0 Å². The van der Waals surface area contributed by atoms with Gasteiger partial charge in [0, 0.05) is 25.0 Å². The number of nitrogens with zero attached hydrogens (tertiary/aromatic N) is 4. The lowest BCUT2D eigenvalue weighted by Gasteiger charge is -2.50. The van der Waals surface area contributed by atoms with Crippen LogP contribution in [0.3, 0.4) is 0 Å². The fraction of sp³-hybridized carbons (Fsp3) is 0.526. The first-order chi connectivity index (χ1) is 11.3. The van der Waals surface area contributed by atoms with Crippen molar-refractivity contribution in [2.24, 2.45) is 11.8 Å². The second-order valence-corrected chi connectivity index (χ2v) is 7.12. The fourth-order valence-corrected chi connectivity index (χ4v) is 4.29. The van der Waals surface area contributed by atoms with E-state index in [1.54, 1.807) is 0 Å². The molecule has 2 aromatic rings. The molecule has 0 amide bonds. The molecule has 3 aliphatic rings. The van der Waals surface area contributed by atoms with Gasteiger partial charge in [0.2, 0.25) is 0 Å². The Labute approximate surface area is 138 Å². The molecule has 5 heterocycles. The number of aromatic nitrogens is 3. The maximum atomic E-state index is 4.37. The lowest BCUT2D eigenvalue weighted by molar-refractivity contribution is 0.00131. The molecule has 4 heteroatoms. The summed E-state index contributed by atoms with van der Waals surface area (Å²) in [5.74, 6) is 1.59. The van der Waals surface area contributed by atoms with Gasteiger partial charge in [-0.2, -0.15) is 10.2 Å². The van der Waals surface area contributed by atoms with E-state index >= 15 is 0 Å². The lowest BCUT2D eigenvalue weighted by Crippen LogP contribution is -2.54. The predicted molar refractivity (Wildman–Crippen MR) is 90.0 cm³/mol. The van der Waals surface area contributed by atoms with E-state index in [9.17, 15) is 0 Å². The summed E-state index contributed by atoms with van der Waals surface area (Å²) < 4.78 is 0. The van der Waals surface area contributed by atoms with Gasteiger partial charge in [-0.25, -0.2) is 0 Å². The van der Waals surface area contributed by atoms with Gasteiger partial charge < -0.3 is 0 Å². The predicted octanol–water partition coefficient (Wildman–Crippen LogP) is 2.68. The molecule has 0 aliphatic carbocycles. The minimum atomic E-state index is 0.705. The van der Waals surface area contributed by atoms with Crippen LogP contribution in [0.15, 0.2) is 36.7 Å². The zero-order valence-electron chi connectivity index (χ0n) is 13.7.